The predicted molar refractivity (Wildman–Crippen MR) is 122 cm³/mol. The molecule has 0 aromatic heterocycles. The molecule has 1 fully saturated rings. The highest BCUT2D eigenvalue weighted by atomic mass is 32.2. The van der Waals surface area contributed by atoms with E-state index in [4.69, 9.17) is 9.16 Å². The molecule has 1 aliphatic heterocycles. The largest absolute Gasteiger partial charge is 0.523 e. The standard InChI is InChI=1S/C23H29F3O5SSi/c1-22(2,3)33(18-11-6-4-7-12-18,19-13-8-5-9-14-19)30-17-21-20(15-10-16-29-21)31-32(27,28)23(24,25)26/h4-9,11-14,20-21H,10,15-17H2,1-3H3/t20-,21+/m0/s1. The van der Waals surface area contributed by atoms with Crippen molar-refractivity contribution in [3.05, 3.63) is 60.7 Å². The van der Waals surface area contributed by atoms with E-state index in [1.54, 1.807) is 0 Å². The minimum atomic E-state index is -5.74. The van der Waals surface area contributed by atoms with Crippen LogP contribution in [0.5, 0.6) is 0 Å². The van der Waals surface area contributed by atoms with E-state index in [0.717, 1.165) is 10.4 Å². The van der Waals surface area contributed by atoms with Gasteiger partial charge in [0.15, 0.2) is 0 Å². The lowest BCUT2D eigenvalue weighted by atomic mass is 10.1. The van der Waals surface area contributed by atoms with Crippen LogP contribution in [0.1, 0.15) is 33.6 Å². The summed E-state index contributed by atoms with van der Waals surface area (Å²) >= 11 is 0. The maximum absolute atomic E-state index is 12.9. The highest BCUT2D eigenvalue weighted by Gasteiger charge is 2.52. The zero-order valence-corrected chi connectivity index (χ0v) is 20.7. The number of rotatable bonds is 7. The lowest BCUT2D eigenvalue weighted by molar-refractivity contribution is -0.0966. The highest BCUT2D eigenvalue weighted by molar-refractivity contribution is 7.87. The number of hydrogen-bond acceptors (Lipinski definition) is 5. The molecule has 2 aromatic rings. The summed E-state index contributed by atoms with van der Waals surface area (Å²) < 4.78 is 78.9. The van der Waals surface area contributed by atoms with Crippen LogP contribution in [-0.2, 0) is 23.5 Å². The van der Waals surface area contributed by atoms with Gasteiger partial charge in [0, 0.05) is 6.61 Å². The van der Waals surface area contributed by atoms with Gasteiger partial charge in [-0.25, -0.2) is 0 Å². The Morgan fingerprint density at radius 1 is 0.970 bits per heavy atom. The van der Waals surface area contributed by atoms with Crippen molar-refractivity contribution in [2.24, 2.45) is 0 Å². The maximum atomic E-state index is 12.9. The molecule has 1 heterocycles. The monoisotopic (exact) mass is 502 g/mol. The van der Waals surface area contributed by atoms with Crippen molar-refractivity contribution in [2.45, 2.75) is 56.4 Å². The summed E-state index contributed by atoms with van der Waals surface area (Å²) in [6, 6.07) is 19.5. The first-order chi connectivity index (χ1) is 15.4. The van der Waals surface area contributed by atoms with E-state index in [-0.39, 0.29) is 18.1 Å². The van der Waals surface area contributed by atoms with E-state index in [1.807, 2.05) is 60.7 Å². The Hall–Kier alpha value is -1.72. The van der Waals surface area contributed by atoms with Gasteiger partial charge in [0.05, 0.1) is 6.61 Å². The van der Waals surface area contributed by atoms with Gasteiger partial charge in [-0.2, -0.15) is 21.6 Å². The normalized spacial score (nSPS) is 20.5. The van der Waals surface area contributed by atoms with Crippen LogP contribution < -0.4 is 10.4 Å². The van der Waals surface area contributed by atoms with Gasteiger partial charge >= 0.3 is 15.6 Å². The predicted octanol–water partition coefficient (Wildman–Crippen LogP) is 3.98. The van der Waals surface area contributed by atoms with Crippen LogP contribution in [-0.4, -0.2) is 47.7 Å². The van der Waals surface area contributed by atoms with Gasteiger partial charge in [0.2, 0.25) is 0 Å². The van der Waals surface area contributed by atoms with E-state index in [9.17, 15) is 21.6 Å². The summed E-state index contributed by atoms with van der Waals surface area (Å²) in [4.78, 5) is 0. The van der Waals surface area contributed by atoms with Crippen molar-refractivity contribution in [1.82, 2.24) is 0 Å². The smallest absolute Gasteiger partial charge is 0.405 e. The third-order valence-corrected chi connectivity index (χ3v) is 11.9. The van der Waals surface area contributed by atoms with E-state index in [0.29, 0.717) is 13.0 Å². The minimum absolute atomic E-state index is 0.0919. The van der Waals surface area contributed by atoms with E-state index in [1.165, 1.54) is 0 Å². The number of halogens is 3. The van der Waals surface area contributed by atoms with Crippen molar-refractivity contribution in [3.8, 4) is 0 Å². The zero-order chi connectivity index (χ0) is 24.3. The fourth-order valence-corrected chi connectivity index (χ4v) is 9.49. The van der Waals surface area contributed by atoms with Crippen LogP contribution in [0.15, 0.2) is 60.7 Å². The van der Waals surface area contributed by atoms with Crippen LogP contribution in [0.25, 0.3) is 0 Å². The molecule has 0 aliphatic carbocycles. The zero-order valence-electron chi connectivity index (χ0n) is 18.8. The van der Waals surface area contributed by atoms with Gasteiger partial charge < -0.3 is 9.16 Å². The minimum Gasteiger partial charge on any atom is -0.405 e. The lowest BCUT2D eigenvalue weighted by Gasteiger charge is -2.44. The average molecular weight is 503 g/mol. The topological polar surface area (TPSA) is 61.8 Å². The Balaban J connectivity index is 1.97. The fourth-order valence-electron chi connectivity index (χ4n) is 4.26. The molecule has 0 amide bonds. The molecule has 0 spiro atoms. The molecular formula is C23H29F3O5SSi. The number of hydrogen-bond donors (Lipinski definition) is 0. The van der Waals surface area contributed by atoms with Crippen molar-refractivity contribution < 1.29 is 34.9 Å². The molecule has 1 aliphatic rings. The maximum Gasteiger partial charge on any atom is 0.523 e. The third kappa shape index (κ3) is 5.51. The first-order valence-electron chi connectivity index (χ1n) is 10.7. The highest BCUT2D eigenvalue weighted by Crippen LogP contribution is 2.37. The van der Waals surface area contributed by atoms with Crippen molar-refractivity contribution in [1.29, 1.82) is 0 Å². The Morgan fingerprint density at radius 3 is 1.94 bits per heavy atom. The van der Waals surface area contributed by atoms with Crippen LogP contribution in [0.3, 0.4) is 0 Å². The molecule has 1 saturated heterocycles. The molecule has 0 saturated carbocycles. The van der Waals surface area contributed by atoms with E-state index in [2.05, 4.69) is 25.0 Å². The molecule has 33 heavy (non-hydrogen) atoms. The quantitative estimate of drug-likeness (QED) is 0.326. The molecule has 2 atom stereocenters. The molecule has 182 valence electrons. The second-order valence-electron chi connectivity index (χ2n) is 9.06. The SMILES string of the molecule is CC(C)(C)[Si](OC[C@H]1OCCC[C@@H]1OS(=O)(=O)C(F)(F)F)(c1ccccc1)c1ccccc1. The van der Waals surface area contributed by atoms with Crippen molar-refractivity contribution in [3.63, 3.8) is 0 Å². The molecule has 10 heteroatoms. The Morgan fingerprint density at radius 2 is 1.48 bits per heavy atom. The van der Waals surface area contributed by atoms with Crippen LogP contribution in [0.4, 0.5) is 13.2 Å². The Labute approximate surface area is 194 Å². The average Bonchev–Trinajstić information content (AvgIpc) is 2.75. The molecule has 5 nitrogen and oxygen atoms in total. The van der Waals surface area contributed by atoms with Gasteiger partial charge in [-0.1, -0.05) is 81.4 Å². The number of ether oxygens (including phenoxy) is 1. The molecule has 3 rings (SSSR count). The van der Waals surface area contributed by atoms with E-state index >= 15 is 0 Å². The van der Waals surface area contributed by atoms with Gasteiger partial charge in [0.25, 0.3) is 8.32 Å². The summed E-state index contributed by atoms with van der Waals surface area (Å²) in [5.74, 6) is 0. The number of benzene rings is 2. The molecule has 2 aromatic carbocycles. The molecule has 0 bridgehead atoms. The lowest BCUT2D eigenvalue weighted by Crippen LogP contribution is -2.67. The Kier molecular flexibility index (Phi) is 7.74. The summed E-state index contributed by atoms with van der Waals surface area (Å²) in [5.41, 5.74) is -5.49. The fraction of sp³-hybridized carbons (Fsp3) is 0.478. The van der Waals surface area contributed by atoms with Gasteiger partial charge in [-0.05, 0) is 28.3 Å². The molecule has 0 radical (unpaired) electrons. The summed E-state index contributed by atoms with van der Waals surface area (Å²) in [6.45, 7) is 6.42. The van der Waals surface area contributed by atoms with E-state index < -0.39 is 36.2 Å². The van der Waals surface area contributed by atoms with Gasteiger partial charge in [-0.3, -0.25) is 4.18 Å². The summed E-state index contributed by atoms with van der Waals surface area (Å²) in [7, 11) is -8.71. The summed E-state index contributed by atoms with van der Waals surface area (Å²) in [6.07, 6.45) is -1.70. The first kappa shape index (κ1) is 25.9. The van der Waals surface area contributed by atoms with Crippen LogP contribution in [0.2, 0.25) is 5.04 Å². The first-order valence-corrected chi connectivity index (χ1v) is 14.1. The molecular weight excluding hydrogens is 473 g/mol. The van der Waals surface area contributed by atoms with Crippen LogP contribution >= 0.6 is 0 Å². The van der Waals surface area contributed by atoms with Gasteiger partial charge in [-0.15, -0.1) is 0 Å². The molecule has 0 N–H and O–H groups in total. The third-order valence-electron chi connectivity index (χ3n) is 5.79. The van der Waals surface area contributed by atoms with Gasteiger partial charge in [0.1, 0.15) is 12.2 Å². The molecule has 0 unspecified atom stereocenters. The van der Waals surface area contributed by atoms with Crippen LogP contribution in [0, 0.1) is 0 Å². The number of alkyl halides is 3. The Bertz CT molecular complexity index is 968. The van der Waals surface area contributed by atoms with Crippen molar-refractivity contribution in [2.75, 3.05) is 13.2 Å². The van der Waals surface area contributed by atoms with Crippen molar-refractivity contribution >= 4 is 28.8 Å². The second-order valence-corrected chi connectivity index (χ2v) is 14.9. The second kappa shape index (κ2) is 9.87. The summed E-state index contributed by atoms with van der Waals surface area (Å²) in [5, 5.41) is 1.65.